The van der Waals surface area contributed by atoms with Crippen LogP contribution >= 0.6 is 12.2 Å². The Bertz CT molecular complexity index is 650. The molecule has 2 aromatic rings. The zero-order valence-corrected chi connectivity index (χ0v) is 10.7. The zero-order valence-electron chi connectivity index (χ0n) is 9.90. The summed E-state index contributed by atoms with van der Waals surface area (Å²) in [6, 6.07) is 7.91. The molecule has 4 heteroatoms. The van der Waals surface area contributed by atoms with Crippen molar-refractivity contribution in [2.75, 3.05) is 0 Å². The summed E-state index contributed by atoms with van der Waals surface area (Å²) in [5.74, 6) is 0.332. The third-order valence-electron chi connectivity index (χ3n) is 3.53. The highest BCUT2D eigenvalue weighted by atomic mass is 32.1. The molecule has 0 amide bonds. The molecule has 1 aromatic carbocycles. The van der Waals surface area contributed by atoms with Crippen molar-refractivity contribution in [1.82, 2.24) is 9.97 Å². The topological polar surface area (TPSA) is 48.6 Å². The quantitative estimate of drug-likeness (QED) is 0.813. The summed E-state index contributed by atoms with van der Waals surface area (Å²) >= 11 is 5.00. The molecule has 1 atom stereocenters. The van der Waals surface area contributed by atoms with Crippen molar-refractivity contribution < 1.29 is 7.65 Å². The van der Waals surface area contributed by atoms with E-state index < -0.39 is 0 Å². The summed E-state index contributed by atoms with van der Waals surface area (Å²) in [4.78, 5) is 18.4. The first kappa shape index (κ1) is 11.4. The molecule has 0 bridgehead atoms. The molecule has 96 valence electrons. The molecule has 0 saturated carbocycles. The van der Waals surface area contributed by atoms with Gasteiger partial charge in [0.05, 0.1) is 0 Å². The van der Waals surface area contributed by atoms with Crippen molar-refractivity contribution in [3.8, 4) is 0 Å². The fourth-order valence-electron chi connectivity index (χ4n) is 2.60. The van der Waals surface area contributed by atoms with Gasteiger partial charge in [0.2, 0.25) is 0 Å². The third-order valence-corrected chi connectivity index (χ3v) is 3.75. The minimum absolute atomic E-state index is 0. The molecule has 0 saturated heterocycles. The van der Waals surface area contributed by atoms with E-state index in [1.165, 1.54) is 5.56 Å². The number of H-pyrrole nitrogens is 2. The fourth-order valence-corrected chi connectivity index (χ4v) is 2.79. The summed E-state index contributed by atoms with van der Waals surface area (Å²) in [6.07, 6.45) is 4.50. The molecule has 1 aliphatic carbocycles. The zero-order chi connectivity index (χ0) is 12.5. The Morgan fingerprint density at radius 2 is 2.22 bits per heavy atom. The highest BCUT2D eigenvalue weighted by Gasteiger charge is 2.27. The summed E-state index contributed by atoms with van der Waals surface area (Å²) in [7, 11) is 0. The Balaban J connectivity index is 0.000001000. The lowest BCUT2D eigenvalue weighted by Gasteiger charge is -2.22. The molecule has 2 N–H and O–H groups in total. The molecule has 0 aliphatic heterocycles. The van der Waals surface area contributed by atoms with Gasteiger partial charge >= 0.3 is 0 Å². The maximum atomic E-state index is 12.4. The number of rotatable bonds is 2. The van der Waals surface area contributed by atoms with Crippen LogP contribution in [0.1, 0.15) is 30.9 Å². The smallest absolute Gasteiger partial charge is 0.174 e. The van der Waals surface area contributed by atoms with E-state index in [0.29, 0.717) is 4.77 Å². The van der Waals surface area contributed by atoms with Crippen LogP contribution in [-0.4, -0.2) is 15.8 Å². The van der Waals surface area contributed by atoms with Crippen molar-refractivity contribution in [1.29, 1.82) is 0 Å². The number of benzene rings is 1. The van der Waals surface area contributed by atoms with Gasteiger partial charge in [0.15, 0.2) is 10.6 Å². The molecule has 0 radical (unpaired) electrons. The Kier molecular flexibility index (Phi) is 2.88. The molecule has 1 aliphatic rings. The lowest BCUT2D eigenvalue weighted by molar-refractivity contribution is 0.0900. The SMILES string of the molecule is O=C1c2ccccc2CCC1Cc1c[nH]c(=S)[nH]1.[HH].[HH]. The van der Waals surface area contributed by atoms with Gasteiger partial charge in [-0.2, -0.15) is 0 Å². The molecular formula is C14H18N2OS. The largest absolute Gasteiger partial charge is 0.337 e. The normalized spacial score (nSPS) is 18.7. The number of Topliss-reactive ketones (excluding diaryl/α,β-unsaturated/α-hetero) is 1. The predicted molar refractivity (Wildman–Crippen MR) is 76.5 cm³/mol. The number of hydrogen-bond acceptors (Lipinski definition) is 2. The molecule has 18 heavy (non-hydrogen) atoms. The lowest BCUT2D eigenvalue weighted by Crippen LogP contribution is -2.24. The van der Waals surface area contributed by atoms with Crippen LogP contribution in [0.2, 0.25) is 0 Å². The first-order valence-corrected chi connectivity index (χ1v) is 6.53. The molecule has 0 fully saturated rings. The number of fused-ring (bicyclic) bond motifs is 1. The summed E-state index contributed by atoms with van der Waals surface area (Å²) in [6.45, 7) is 0. The second-order valence-corrected chi connectivity index (χ2v) is 5.14. The maximum absolute atomic E-state index is 12.4. The van der Waals surface area contributed by atoms with Gasteiger partial charge in [0.25, 0.3) is 0 Å². The van der Waals surface area contributed by atoms with E-state index in [1.807, 2.05) is 30.5 Å². The van der Waals surface area contributed by atoms with Gasteiger partial charge in [0, 0.05) is 26.2 Å². The van der Waals surface area contributed by atoms with Gasteiger partial charge in [-0.25, -0.2) is 0 Å². The average molecular weight is 262 g/mol. The minimum atomic E-state index is 0. The first-order chi connectivity index (χ1) is 8.74. The van der Waals surface area contributed by atoms with Gasteiger partial charge in [-0.05, 0) is 37.0 Å². The second kappa shape index (κ2) is 4.53. The Morgan fingerprint density at radius 3 is 3.00 bits per heavy atom. The van der Waals surface area contributed by atoms with Crippen LogP contribution in [0.15, 0.2) is 30.5 Å². The second-order valence-electron chi connectivity index (χ2n) is 4.73. The van der Waals surface area contributed by atoms with E-state index in [-0.39, 0.29) is 14.6 Å². The Labute approximate surface area is 113 Å². The van der Waals surface area contributed by atoms with Crippen molar-refractivity contribution in [3.05, 3.63) is 52.1 Å². The van der Waals surface area contributed by atoms with Crippen molar-refractivity contribution in [3.63, 3.8) is 0 Å². The van der Waals surface area contributed by atoms with E-state index >= 15 is 0 Å². The number of aryl methyl sites for hydroxylation is 1. The third kappa shape index (κ3) is 2.04. The van der Waals surface area contributed by atoms with Crippen LogP contribution in [-0.2, 0) is 12.8 Å². The van der Waals surface area contributed by atoms with E-state index in [1.54, 1.807) is 0 Å². The fraction of sp³-hybridized carbons (Fsp3) is 0.286. The molecule has 3 nitrogen and oxygen atoms in total. The summed E-state index contributed by atoms with van der Waals surface area (Å²) in [5.41, 5.74) is 3.08. The molecule has 1 heterocycles. The number of carbonyl (C=O) groups excluding carboxylic acids is 1. The van der Waals surface area contributed by atoms with Gasteiger partial charge in [-0.1, -0.05) is 24.3 Å². The number of ketones is 1. The molecule has 1 aromatic heterocycles. The van der Waals surface area contributed by atoms with Crippen LogP contribution in [0.25, 0.3) is 0 Å². The highest BCUT2D eigenvalue weighted by molar-refractivity contribution is 7.71. The number of carbonyl (C=O) groups is 1. The van der Waals surface area contributed by atoms with Crippen LogP contribution in [0.3, 0.4) is 0 Å². The van der Waals surface area contributed by atoms with E-state index in [4.69, 9.17) is 12.2 Å². The maximum Gasteiger partial charge on any atom is 0.174 e. The molecule has 1 unspecified atom stereocenters. The summed E-state index contributed by atoms with van der Waals surface area (Å²) in [5, 5.41) is 0. The van der Waals surface area contributed by atoms with Gasteiger partial charge < -0.3 is 9.97 Å². The van der Waals surface area contributed by atoms with Crippen LogP contribution < -0.4 is 0 Å². The Hall–Kier alpha value is -1.68. The minimum Gasteiger partial charge on any atom is -0.337 e. The van der Waals surface area contributed by atoms with Crippen LogP contribution in [0.5, 0.6) is 0 Å². The van der Waals surface area contributed by atoms with Gasteiger partial charge in [0.1, 0.15) is 0 Å². The first-order valence-electron chi connectivity index (χ1n) is 6.13. The van der Waals surface area contributed by atoms with Crippen LogP contribution in [0.4, 0.5) is 0 Å². The summed E-state index contributed by atoms with van der Waals surface area (Å²) < 4.78 is 0.619. The predicted octanol–water partition coefficient (Wildman–Crippen LogP) is 3.55. The van der Waals surface area contributed by atoms with Crippen molar-refractivity contribution in [2.24, 2.45) is 5.92 Å². The Morgan fingerprint density at radius 1 is 1.39 bits per heavy atom. The van der Waals surface area contributed by atoms with E-state index in [2.05, 4.69) is 9.97 Å². The highest BCUT2D eigenvalue weighted by Crippen LogP contribution is 2.27. The van der Waals surface area contributed by atoms with Gasteiger partial charge in [-0.3, -0.25) is 4.79 Å². The van der Waals surface area contributed by atoms with E-state index in [9.17, 15) is 4.79 Å². The monoisotopic (exact) mass is 262 g/mol. The van der Waals surface area contributed by atoms with Crippen molar-refractivity contribution in [2.45, 2.75) is 19.3 Å². The number of aromatic nitrogens is 2. The molecule has 3 rings (SSSR count). The lowest BCUT2D eigenvalue weighted by atomic mass is 9.81. The molecular weight excluding hydrogens is 244 g/mol. The van der Waals surface area contributed by atoms with Gasteiger partial charge in [-0.15, -0.1) is 0 Å². The average Bonchev–Trinajstić information content (AvgIpc) is 2.79. The number of imidazole rings is 1. The number of hydrogen-bond donors (Lipinski definition) is 2. The van der Waals surface area contributed by atoms with Crippen LogP contribution in [0, 0.1) is 10.7 Å². The number of aromatic amines is 2. The number of nitrogens with one attached hydrogen (secondary N) is 2. The van der Waals surface area contributed by atoms with E-state index in [0.717, 1.165) is 30.5 Å². The molecule has 0 spiro atoms. The standard InChI is InChI=1S/C14H14N2OS.2H2/c17-13-10(7-11-8-15-14(18)16-11)6-5-9-3-1-2-4-12(9)13;;/h1-4,8,10H,5-7H2,(H2,15,16,18);2*1H. The van der Waals surface area contributed by atoms with Crippen molar-refractivity contribution >= 4 is 18.0 Å².